The summed E-state index contributed by atoms with van der Waals surface area (Å²) in [5.41, 5.74) is 12.2. The highest BCUT2D eigenvalue weighted by Gasteiger charge is 2.25. The fraction of sp³-hybridized carbons (Fsp3) is 0.0345. The molecule has 0 spiro atoms. The third-order valence-electron chi connectivity index (χ3n) is 11.9. The standard InChI is InChI=1S/C58H45N7/c1-6-20-44(21-7-1)61-49-30-16-32-51(38-49)62(45-22-8-2-9-23-45)53-34-18-36-55(40-53)64(47-26-12-4-13-27-47)57-42-58(60-43-59-57)65(48-28-14-5-15-29-48)56-37-19-35-54(41-56)63(46-24-10-3-11-25-46)52-33-17-31-50(61)39-52/h1-24,26-43,46H,25H2. The molecule has 0 N–H and O–H groups in total. The van der Waals surface area contributed by atoms with Gasteiger partial charge in [0.2, 0.25) is 0 Å². The van der Waals surface area contributed by atoms with Crippen molar-refractivity contribution in [2.24, 2.45) is 0 Å². The first kappa shape index (κ1) is 39.2. The van der Waals surface area contributed by atoms with Gasteiger partial charge in [0.15, 0.2) is 0 Å². The number of para-hydroxylation sites is 4. The molecule has 8 aromatic carbocycles. The van der Waals surface area contributed by atoms with E-state index in [4.69, 9.17) is 9.97 Å². The van der Waals surface area contributed by atoms with Gasteiger partial charge in [-0.1, -0.05) is 121 Å². The van der Waals surface area contributed by atoms with Crippen LogP contribution in [0, 0.1) is 0 Å². The average molecular weight is 840 g/mol. The predicted molar refractivity (Wildman–Crippen MR) is 270 cm³/mol. The molecule has 2 heterocycles. The molecule has 7 nitrogen and oxygen atoms in total. The molecule has 1 atom stereocenters. The Bertz CT molecular complexity index is 2930. The molecule has 65 heavy (non-hydrogen) atoms. The summed E-state index contributed by atoms with van der Waals surface area (Å²) in [5, 5.41) is 0. The zero-order valence-corrected chi connectivity index (χ0v) is 35.7. The topological polar surface area (TPSA) is 42.0 Å². The second kappa shape index (κ2) is 17.6. The van der Waals surface area contributed by atoms with E-state index in [1.54, 1.807) is 6.33 Å². The van der Waals surface area contributed by atoms with Crippen molar-refractivity contribution in [2.75, 3.05) is 24.5 Å². The number of hydrogen-bond donors (Lipinski definition) is 0. The molecule has 11 rings (SSSR count). The molecular formula is C58H45N7. The van der Waals surface area contributed by atoms with Crippen LogP contribution >= 0.6 is 0 Å². The first-order valence-electron chi connectivity index (χ1n) is 22.0. The van der Waals surface area contributed by atoms with E-state index in [1.165, 1.54) is 0 Å². The summed E-state index contributed by atoms with van der Waals surface area (Å²) in [6, 6.07) is 79.5. The van der Waals surface area contributed by atoms with Crippen LogP contribution in [0.5, 0.6) is 0 Å². The van der Waals surface area contributed by atoms with Crippen molar-refractivity contribution in [3.8, 4) is 0 Å². The quantitative estimate of drug-likeness (QED) is 0.171. The van der Waals surface area contributed by atoms with Crippen molar-refractivity contribution in [1.82, 2.24) is 9.97 Å². The molecule has 0 saturated heterocycles. The molecule has 10 bridgehead atoms. The van der Waals surface area contributed by atoms with Gasteiger partial charge in [-0.15, -0.1) is 0 Å². The summed E-state index contributed by atoms with van der Waals surface area (Å²) in [6.45, 7) is 0. The summed E-state index contributed by atoms with van der Waals surface area (Å²) >= 11 is 0. The molecule has 9 aromatic rings. The van der Waals surface area contributed by atoms with Gasteiger partial charge >= 0.3 is 0 Å². The number of allylic oxidation sites excluding steroid dienone is 2. The number of rotatable bonds is 5. The van der Waals surface area contributed by atoms with Crippen molar-refractivity contribution in [3.05, 3.63) is 255 Å². The van der Waals surface area contributed by atoms with Gasteiger partial charge in [-0.3, -0.25) is 9.80 Å². The first-order valence-corrected chi connectivity index (χ1v) is 22.0. The number of nitrogens with zero attached hydrogens (tertiary/aromatic N) is 7. The van der Waals surface area contributed by atoms with Gasteiger partial charge in [0, 0.05) is 74.3 Å². The van der Waals surface area contributed by atoms with Crippen LogP contribution in [-0.2, 0) is 0 Å². The van der Waals surface area contributed by atoms with E-state index in [0.717, 1.165) is 86.3 Å². The van der Waals surface area contributed by atoms with Crippen LogP contribution in [0.4, 0.5) is 79.9 Å². The number of hydrogen-bond acceptors (Lipinski definition) is 7. The minimum Gasteiger partial charge on any atom is -0.334 e. The fourth-order valence-corrected chi connectivity index (χ4v) is 9.01. The van der Waals surface area contributed by atoms with Crippen molar-refractivity contribution in [2.45, 2.75) is 12.5 Å². The molecule has 0 saturated carbocycles. The van der Waals surface area contributed by atoms with Crippen molar-refractivity contribution in [1.29, 1.82) is 0 Å². The summed E-state index contributed by atoms with van der Waals surface area (Å²) in [6.07, 6.45) is 11.4. The van der Waals surface area contributed by atoms with Gasteiger partial charge < -0.3 is 14.7 Å². The van der Waals surface area contributed by atoms with Gasteiger partial charge in [-0.25, -0.2) is 9.97 Å². The molecule has 1 aromatic heterocycles. The third-order valence-corrected chi connectivity index (χ3v) is 11.9. The molecule has 2 aliphatic rings. The van der Waals surface area contributed by atoms with Crippen molar-refractivity contribution >= 4 is 79.9 Å². The Morgan fingerprint density at radius 3 is 1.00 bits per heavy atom. The molecule has 0 fully saturated rings. The van der Waals surface area contributed by atoms with Gasteiger partial charge in [0.05, 0.1) is 6.04 Å². The number of aromatic nitrogens is 2. The maximum absolute atomic E-state index is 5.01. The van der Waals surface area contributed by atoms with Crippen LogP contribution < -0.4 is 24.5 Å². The number of benzene rings is 8. The smallest absolute Gasteiger partial charge is 0.143 e. The zero-order chi connectivity index (χ0) is 43.4. The lowest BCUT2D eigenvalue weighted by molar-refractivity contribution is 0.785. The number of anilines is 14. The zero-order valence-electron chi connectivity index (χ0n) is 35.7. The molecule has 1 aliphatic carbocycles. The summed E-state index contributed by atoms with van der Waals surface area (Å²) in [4.78, 5) is 21.6. The minimum atomic E-state index is 0.0700. The first-order chi connectivity index (χ1) is 32.2. The molecule has 1 unspecified atom stereocenters. The van der Waals surface area contributed by atoms with Crippen LogP contribution in [-0.4, -0.2) is 16.0 Å². The molecule has 0 radical (unpaired) electrons. The van der Waals surface area contributed by atoms with Crippen molar-refractivity contribution < 1.29 is 0 Å². The second-order valence-electron chi connectivity index (χ2n) is 16.0. The van der Waals surface area contributed by atoms with E-state index in [2.05, 4.69) is 261 Å². The summed E-state index contributed by atoms with van der Waals surface area (Å²) in [5.74, 6) is 1.47. The highest BCUT2D eigenvalue weighted by molar-refractivity contribution is 5.88. The Hall–Kier alpha value is -8.68. The second-order valence-corrected chi connectivity index (χ2v) is 16.0. The Labute approximate surface area is 380 Å². The average Bonchev–Trinajstić information content (AvgIpc) is 3.37. The van der Waals surface area contributed by atoms with Crippen LogP contribution in [0.2, 0.25) is 0 Å². The molecule has 1 aliphatic heterocycles. The molecule has 7 heteroatoms. The molecular weight excluding hydrogens is 795 g/mol. The van der Waals surface area contributed by atoms with Gasteiger partial charge in [0.1, 0.15) is 18.0 Å². The lowest BCUT2D eigenvalue weighted by atomic mass is 10.0. The SMILES string of the molecule is C1=CCC(N2c3cccc(c3)N(c3ccccc3)c3cccc(c3)N(c3ccccc3)c3cccc(c3)N(c3ccccc3)c3cc(ncn3)N(c3ccccc3)c3cccc2c3)C=C1. The van der Waals surface area contributed by atoms with Crippen LogP contribution in [0.25, 0.3) is 0 Å². The van der Waals surface area contributed by atoms with E-state index in [0.29, 0.717) is 0 Å². The summed E-state index contributed by atoms with van der Waals surface area (Å²) in [7, 11) is 0. The highest BCUT2D eigenvalue weighted by Crippen LogP contribution is 2.45. The molecule has 312 valence electrons. The Balaban J connectivity index is 1.20. The van der Waals surface area contributed by atoms with E-state index >= 15 is 0 Å². The Morgan fingerprint density at radius 1 is 0.308 bits per heavy atom. The lowest BCUT2D eigenvalue weighted by Gasteiger charge is -2.35. The molecule has 0 amide bonds. The van der Waals surface area contributed by atoms with E-state index in [1.807, 2.05) is 12.1 Å². The van der Waals surface area contributed by atoms with Gasteiger partial charge in [-0.05, 0) is 128 Å². The Morgan fingerprint density at radius 2 is 0.631 bits per heavy atom. The third kappa shape index (κ3) is 7.88. The lowest BCUT2D eigenvalue weighted by Crippen LogP contribution is -2.30. The van der Waals surface area contributed by atoms with Crippen LogP contribution in [0.1, 0.15) is 6.42 Å². The maximum Gasteiger partial charge on any atom is 0.143 e. The normalized spacial score (nSPS) is 14.6. The van der Waals surface area contributed by atoms with Crippen LogP contribution in [0.15, 0.2) is 255 Å². The van der Waals surface area contributed by atoms with E-state index < -0.39 is 0 Å². The number of fused-ring (bicyclic) bond motifs is 10. The van der Waals surface area contributed by atoms with Crippen LogP contribution in [0.3, 0.4) is 0 Å². The van der Waals surface area contributed by atoms with E-state index in [-0.39, 0.29) is 6.04 Å². The van der Waals surface area contributed by atoms with Gasteiger partial charge in [-0.2, -0.15) is 0 Å². The maximum atomic E-state index is 5.01. The summed E-state index contributed by atoms with van der Waals surface area (Å²) < 4.78 is 0. The predicted octanol–water partition coefficient (Wildman–Crippen LogP) is 15.7. The Kier molecular flexibility index (Phi) is 10.6. The highest BCUT2D eigenvalue weighted by atomic mass is 15.3. The van der Waals surface area contributed by atoms with E-state index in [9.17, 15) is 0 Å². The fourth-order valence-electron chi connectivity index (χ4n) is 9.01. The minimum absolute atomic E-state index is 0.0700. The van der Waals surface area contributed by atoms with Crippen molar-refractivity contribution in [3.63, 3.8) is 0 Å². The largest absolute Gasteiger partial charge is 0.334 e. The monoisotopic (exact) mass is 839 g/mol. The van der Waals surface area contributed by atoms with Gasteiger partial charge in [0.25, 0.3) is 0 Å².